The van der Waals surface area contributed by atoms with Crippen LogP contribution in [-0.4, -0.2) is 58.3 Å². The highest BCUT2D eigenvalue weighted by Gasteiger charge is 2.73. The molecule has 2 fully saturated rings. The maximum atomic E-state index is 11.9. The molecule has 1 saturated carbocycles. The van der Waals surface area contributed by atoms with Crippen molar-refractivity contribution in [2.24, 2.45) is 10.8 Å². The van der Waals surface area contributed by atoms with Crippen LogP contribution in [0.5, 0.6) is 0 Å². The lowest BCUT2D eigenvalue weighted by Crippen LogP contribution is -2.79. The van der Waals surface area contributed by atoms with E-state index < -0.39 is 11.6 Å². The number of aliphatic hydroxyl groups is 1. The molecule has 0 unspecified atom stereocenters. The first kappa shape index (κ1) is 20.8. The van der Waals surface area contributed by atoms with Crippen molar-refractivity contribution in [1.29, 1.82) is 0 Å². The Kier molecular flexibility index (Phi) is 4.90. The quantitative estimate of drug-likeness (QED) is 0.807. The topological polar surface area (TPSA) is 76.9 Å². The van der Waals surface area contributed by atoms with E-state index in [9.17, 15) is 15.0 Å². The van der Waals surface area contributed by atoms with Crippen LogP contribution in [0.3, 0.4) is 0 Å². The number of hydrogen-bond donors (Lipinski definition) is 2. The number of rotatable bonds is 4. The molecule has 4 rings (SSSR count). The Labute approximate surface area is 178 Å². The summed E-state index contributed by atoms with van der Waals surface area (Å²) in [5.41, 5.74) is -0.349. The summed E-state index contributed by atoms with van der Waals surface area (Å²) in [6.45, 7) is 11.7. The summed E-state index contributed by atoms with van der Waals surface area (Å²) < 4.78 is 0. The van der Waals surface area contributed by atoms with E-state index in [2.05, 4.69) is 42.5 Å². The number of pyridine rings is 1. The molecule has 0 radical (unpaired) electrons. The Bertz CT molecular complexity index is 918. The fourth-order valence-electron chi connectivity index (χ4n) is 6.39. The Morgan fingerprint density at radius 1 is 0.967 bits per heavy atom. The lowest BCUT2D eigenvalue weighted by molar-refractivity contribution is -0.307. The number of aromatic nitrogens is 1. The summed E-state index contributed by atoms with van der Waals surface area (Å²) in [5.74, 6) is -0.410. The van der Waals surface area contributed by atoms with Crippen LogP contribution >= 0.6 is 0 Å². The van der Waals surface area contributed by atoms with E-state index in [4.69, 9.17) is 0 Å². The second-order valence-electron chi connectivity index (χ2n) is 9.63. The fraction of sp³-hybridized carbons (Fsp3) is 0.500. The van der Waals surface area contributed by atoms with Gasteiger partial charge in [-0.1, -0.05) is 58.0 Å². The molecule has 2 N–H and O–H groups in total. The predicted octanol–water partition coefficient (Wildman–Crippen LogP) is 3.22. The summed E-state index contributed by atoms with van der Waals surface area (Å²) in [5, 5.41) is 21.3. The molecule has 0 spiro atoms. The van der Waals surface area contributed by atoms with Crippen molar-refractivity contribution < 1.29 is 15.0 Å². The van der Waals surface area contributed by atoms with Gasteiger partial charge in [-0.25, -0.2) is 9.78 Å². The van der Waals surface area contributed by atoms with Gasteiger partial charge in [0.05, 0.1) is 0 Å². The fourth-order valence-corrected chi connectivity index (χ4v) is 6.39. The number of aromatic carboxylic acids is 1. The van der Waals surface area contributed by atoms with Gasteiger partial charge in [0.2, 0.25) is 0 Å². The monoisotopic (exact) mass is 409 g/mol. The first-order chi connectivity index (χ1) is 14.1. The summed E-state index contributed by atoms with van der Waals surface area (Å²) in [4.78, 5) is 20.4. The van der Waals surface area contributed by atoms with Crippen LogP contribution in [0.4, 0.5) is 5.82 Å². The van der Waals surface area contributed by atoms with Crippen molar-refractivity contribution in [3.8, 4) is 0 Å². The van der Waals surface area contributed by atoms with Crippen molar-refractivity contribution in [1.82, 2.24) is 9.88 Å². The van der Waals surface area contributed by atoms with E-state index in [-0.39, 0.29) is 22.4 Å². The molecule has 0 bridgehead atoms. The van der Waals surface area contributed by atoms with Gasteiger partial charge in [0.25, 0.3) is 0 Å². The van der Waals surface area contributed by atoms with Gasteiger partial charge in [0.15, 0.2) is 0 Å². The zero-order valence-electron chi connectivity index (χ0n) is 18.2. The number of benzene rings is 1. The average molecular weight is 410 g/mol. The Morgan fingerprint density at radius 3 is 2.13 bits per heavy atom. The molecule has 1 aliphatic heterocycles. The SMILES string of the molecule is CC1(C)C(N2CCN(c3ncccc3C(=O)O)CC2)C(C)(C)C1(O)c1ccccc1. The Morgan fingerprint density at radius 2 is 1.57 bits per heavy atom. The normalized spacial score (nSPS) is 28.0. The largest absolute Gasteiger partial charge is 0.478 e. The molecule has 1 aromatic carbocycles. The average Bonchev–Trinajstić information content (AvgIpc) is 2.73. The van der Waals surface area contributed by atoms with Crippen molar-refractivity contribution >= 4 is 11.8 Å². The highest BCUT2D eigenvalue weighted by Crippen LogP contribution is 2.68. The van der Waals surface area contributed by atoms with E-state index in [1.54, 1.807) is 18.3 Å². The Balaban J connectivity index is 1.54. The van der Waals surface area contributed by atoms with Gasteiger partial charge >= 0.3 is 5.97 Å². The lowest BCUT2D eigenvalue weighted by atomic mass is 9.39. The molecule has 2 aliphatic rings. The molecular weight excluding hydrogens is 378 g/mol. The van der Waals surface area contributed by atoms with Crippen molar-refractivity contribution in [3.05, 3.63) is 59.8 Å². The van der Waals surface area contributed by atoms with Gasteiger partial charge in [-0.15, -0.1) is 0 Å². The zero-order chi connectivity index (χ0) is 21.7. The second kappa shape index (κ2) is 7.06. The molecule has 2 heterocycles. The van der Waals surface area contributed by atoms with E-state index in [0.717, 1.165) is 18.7 Å². The molecule has 1 aromatic heterocycles. The van der Waals surface area contributed by atoms with E-state index in [0.29, 0.717) is 18.9 Å². The number of nitrogens with zero attached hydrogens (tertiary/aromatic N) is 3. The van der Waals surface area contributed by atoms with Crippen LogP contribution in [0.25, 0.3) is 0 Å². The molecule has 30 heavy (non-hydrogen) atoms. The van der Waals surface area contributed by atoms with Crippen molar-refractivity contribution in [3.63, 3.8) is 0 Å². The molecule has 2 aromatic rings. The number of hydrogen-bond acceptors (Lipinski definition) is 5. The minimum absolute atomic E-state index is 0.208. The summed E-state index contributed by atoms with van der Waals surface area (Å²) in [6, 6.07) is 13.5. The number of carboxylic acids is 1. The third-order valence-corrected chi connectivity index (χ3v) is 7.42. The number of anilines is 1. The number of carbonyl (C=O) groups is 1. The number of carboxylic acid groups (broad SMARTS) is 1. The van der Waals surface area contributed by atoms with Crippen LogP contribution in [0.15, 0.2) is 48.7 Å². The maximum absolute atomic E-state index is 11.9. The highest BCUT2D eigenvalue weighted by atomic mass is 16.4. The summed E-state index contributed by atoms with van der Waals surface area (Å²) in [7, 11) is 0. The van der Waals surface area contributed by atoms with Crippen LogP contribution < -0.4 is 4.90 Å². The molecule has 1 saturated heterocycles. The molecular formula is C24H31N3O3. The minimum atomic E-state index is -0.949. The van der Waals surface area contributed by atoms with Gasteiger partial charge in [0, 0.05) is 49.2 Å². The van der Waals surface area contributed by atoms with Crippen LogP contribution in [-0.2, 0) is 5.60 Å². The second-order valence-corrected chi connectivity index (χ2v) is 9.63. The number of piperazine rings is 1. The van der Waals surface area contributed by atoms with Crippen molar-refractivity contribution in [2.75, 3.05) is 31.1 Å². The maximum Gasteiger partial charge on any atom is 0.339 e. The van der Waals surface area contributed by atoms with Crippen LogP contribution in [0, 0.1) is 10.8 Å². The van der Waals surface area contributed by atoms with Gasteiger partial charge in [-0.05, 0) is 17.7 Å². The van der Waals surface area contributed by atoms with Crippen LogP contribution in [0.1, 0.15) is 43.6 Å². The third-order valence-electron chi connectivity index (χ3n) is 7.42. The van der Waals surface area contributed by atoms with Crippen molar-refractivity contribution in [2.45, 2.75) is 39.3 Å². The van der Waals surface area contributed by atoms with E-state index >= 15 is 0 Å². The van der Waals surface area contributed by atoms with Crippen LogP contribution in [0.2, 0.25) is 0 Å². The standard InChI is InChI=1S/C24H31N3O3/c1-22(2)21(23(3,4)24(22,30)17-9-6-5-7-10-17)27-15-13-26(14-16-27)19-18(20(28)29)11-8-12-25-19/h5-12,21,30H,13-16H2,1-4H3,(H,28,29). The molecule has 6 heteroatoms. The van der Waals surface area contributed by atoms with Gasteiger partial charge < -0.3 is 15.1 Å². The molecule has 1 aliphatic carbocycles. The molecule has 0 atom stereocenters. The first-order valence-corrected chi connectivity index (χ1v) is 10.6. The molecule has 0 amide bonds. The minimum Gasteiger partial charge on any atom is -0.478 e. The highest BCUT2D eigenvalue weighted by molar-refractivity contribution is 5.93. The lowest BCUT2D eigenvalue weighted by Gasteiger charge is -2.72. The zero-order valence-corrected chi connectivity index (χ0v) is 18.2. The van der Waals surface area contributed by atoms with Gasteiger partial charge in [-0.3, -0.25) is 4.90 Å². The van der Waals surface area contributed by atoms with E-state index in [1.807, 2.05) is 30.3 Å². The third kappa shape index (κ3) is 2.77. The van der Waals surface area contributed by atoms with E-state index in [1.165, 1.54) is 0 Å². The molecule has 6 nitrogen and oxygen atoms in total. The summed E-state index contributed by atoms with van der Waals surface area (Å²) in [6.07, 6.45) is 1.65. The Hall–Kier alpha value is -2.44. The summed E-state index contributed by atoms with van der Waals surface area (Å²) >= 11 is 0. The first-order valence-electron chi connectivity index (χ1n) is 10.6. The molecule has 160 valence electrons. The van der Waals surface area contributed by atoms with Gasteiger partial charge in [-0.2, -0.15) is 0 Å². The predicted molar refractivity (Wildman–Crippen MR) is 117 cm³/mol. The van der Waals surface area contributed by atoms with Gasteiger partial charge in [0.1, 0.15) is 17.0 Å². The smallest absolute Gasteiger partial charge is 0.339 e.